The quantitative estimate of drug-likeness (QED) is 0.466. The number of fused-ring (bicyclic) bond motifs is 5. The molecule has 1 amide bonds. The number of amides is 1. The Morgan fingerprint density at radius 3 is 3.07 bits per heavy atom. The predicted octanol–water partition coefficient (Wildman–Crippen LogP) is 4.05. The van der Waals surface area contributed by atoms with E-state index >= 15 is 0 Å². The average Bonchev–Trinajstić information content (AvgIpc) is 3.41. The molecule has 1 atom stereocenters. The topological polar surface area (TPSA) is 98.2 Å². The number of hydrogen-bond donors (Lipinski definition) is 1. The molecule has 0 radical (unpaired) electrons. The zero-order chi connectivity index (χ0) is 20.8. The highest BCUT2D eigenvalue weighted by Gasteiger charge is 2.25. The molecular formula is C20H22N6O2S2. The van der Waals surface area contributed by atoms with Gasteiger partial charge in [-0.25, -0.2) is 4.98 Å². The van der Waals surface area contributed by atoms with Gasteiger partial charge in [0, 0.05) is 17.4 Å². The van der Waals surface area contributed by atoms with E-state index in [2.05, 4.69) is 34.5 Å². The van der Waals surface area contributed by atoms with Gasteiger partial charge in [0.15, 0.2) is 16.6 Å². The van der Waals surface area contributed by atoms with Gasteiger partial charge in [-0.3, -0.25) is 9.20 Å². The van der Waals surface area contributed by atoms with Crippen LogP contribution in [0.15, 0.2) is 15.7 Å². The van der Waals surface area contributed by atoms with Crippen LogP contribution >= 0.6 is 23.1 Å². The minimum Gasteiger partial charge on any atom is -0.360 e. The number of thioether (sulfide) groups is 1. The van der Waals surface area contributed by atoms with Gasteiger partial charge in [0.2, 0.25) is 5.91 Å². The summed E-state index contributed by atoms with van der Waals surface area (Å²) in [6.07, 6.45) is 4.13. The van der Waals surface area contributed by atoms with Crippen LogP contribution in [-0.2, 0) is 24.1 Å². The van der Waals surface area contributed by atoms with E-state index < -0.39 is 0 Å². The monoisotopic (exact) mass is 442 g/mol. The molecule has 5 rings (SSSR count). The zero-order valence-electron chi connectivity index (χ0n) is 17.1. The first-order valence-corrected chi connectivity index (χ1v) is 11.9. The Morgan fingerprint density at radius 2 is 2.30 bits per heavy atom. The average molecular weight is 443 g/mol. The van der Waals surface area contributed by atoms with Crippen molar-refractivity contribution >= 4 is 50.7 Å². The number of anilines is 1. The van der Waals surface area contributed by atoms with Crippen molar-refractivity contribution in [1.29, 1.82) is 0 Å². The number of carbonyl (C=O) groups excluding carboxylic acids is 1. The minimum atomic E-state index is -0.168. The number of hydrogen-bond acceptors (Lipinski definition) is 8. The van der Waals surface area contributed by atoms with Crippen LogP contribution in [0.5, 0.6) is 0 Å². The van der Waals surface area contributed by atoms with Crippen LogP contribution in [0.4, 0.5) is 5.82 Å². The molecule has 1 aliphatic rings. The second kappa shape index (κ2) is 7.66. The third-order valence-electron chi connectivity index (χ3n) is 5.38. The van der Waals surface area contributed by atoms with E-state index in [4.69, 9.17) is 9.51 Å². The molecule has 0 bridgehead atoms. The SMILES string of the molecule is CCc1nc2sc3c(c2c2nnc(SCC(=O)Nc4cc(C)on4)n12)CC[C@@H](C)C3. The van der Waals surface area contributed by atoms with E-state index in [1.807, 2.05) is 4.40 Å². The van der Waals surface area contributed by atoms with E-state index in [0.717, 1.165) is 41.0 Å². The van der Waals surface area contributed by atoms with Crippen molar-refractivity contribution < 1.29 is 9.32 Å². The molecule has 8 nitrogen and oxygen atoms in total. The number of aromatic nitrogens is 5. The zero-order valence-corrected chi connectivity index (χ0v) is 18.7. The molecular weight excluding hydrogens is 420 g/mol. The van der Waals surface area contributed by atoms with Crippen molar-refractivity contribution in [2.75, 3.05) is 11.1 Å². The summed E-state index contributed by atoms with van der Waals surface area (Å²) in [5.41, 5.74) is 2.25. The lowest BCUT2D eigenvalue weighted by atomic mass is 9.89. The van der Waals surface area contributed by atoms with Gasteiger partial charge in [-0.1, -0.05) is 30.8 Å². The minimum absolute atomic E-state index is 0.168. The fraction of sp³-hybridized carbons (Fsp3) is 0.450. The first-order chi connectivity index (χ1) is 14.5. The molecule has 0 saturated heterocycles. The van der Waals surface area contributed by atoms with Gasteiger partial charge in [-0.15, -0.1) is 21.5 Å². The lowest BCUT2D eigenvalue weighted by Gasteiger charge is -2.17. The Morgan fingerprint density at radius 1 is 1.43 bits per heavy atom. The molecule has 0 saturated carbocycles. The summed E-state index contributed by atoms with van der Waals surface area (Å²) in [6, 6.07) is 1.69. The number of carbonyl (C=O) groups is 1. The number of aryl methyl sites for hydroxylation is 3. The van der Waals surface area contributed by atoms with Crippen molar-refractivity contribution in [3.8, 4) is 0 Å². The molecule has 30 heavy (non-hydrogen) atoms. The number of nitrogens with one attached hydrogen (secondary N) is 1. The van der Waals surface area contributed by atoms with Gasteiger partial charge in [0.25, 0.3) is 0 Å². The largest absolute Gasteiger partial charge is 0.360 e. The van der Waals surface area contributed by atoms with Gasteiger partial charge in [-0.05, 0) is 37.7 Å². The Hall–Kier alpha value is -2.46. The summed E-state index contributed by atoms with van der Waals surface area (Å²) in [4.78, 5) is 19.8. The van der Waals surface area contributed by atoms with Crippen LogP contribution in [0.3, 0.4) is 0 Å². The van der Waals surface area contributed by atoms with Crippen LogP contribution in [0.1, 0.15) is 42.3 Å². The van der Waals surface area contributed by atoms with Gasteiger partial charge in [0.1, 0.15) is 16.4 Å². The van der Waals surface area contributed by atoms with Crippen LogP contribution < -0.4 is 5.32 Å². The number of thiophene rings is 1. The molecule has 1 aliphatic carbocycles. The highest BCUT2D eigenvalue weighted by Crippen LogP contribution is 2.39. The maximum absolute atomic E-state index is 12.3. The smallest absolute Gasteiger partial charge is 0.236 e. The molecule has 0 spiro atoms. The summed E-state index contributed by atoms with van der Waals surface area (Å²) >= 11 is 3.15. The summed E-state index contributed by atoms with van der Waals surface area (Å²) in [5.74, 6) is 2.73. The first kappa shape index (κ1) is 19.5. The summed E-state index contributed by atoms with van der Waals surface area (Å²) in [6.45, 7) is 6.17. The Labute approximate surface area is 181 Å². The van der Waals surface area contributed by atoms with Crippen LogP contribution in [0, 0.1) is 12.8 Å². The summed E-state index contributed by atoms with van der Waals surface area (Å²) in [7, 11) is 0. The molecule has 10 heteroatoms. The van der Waals surface area contributed by atoms with Gasteiger partial charge in [-0.2, -0.15) is 0 Å². The maximum Gasteiger partial charge on any atom is 0.236 e. The Balaban J connectivity index is 1.47. The standard InChI is InChI=1S/C20H22N6O2S2/c1-4-15-22-19-17(12-6-5-10(2)7-13(12)30-19)18-23-24-20(26(15)18)29-9-16(27)21-14-8-11(3)28-25-14/h8,10H,4-7,9H2,1-3H3,(H,21,25,27)/t10-/m1/s1. The Bertz CT molecular complexity index is 1260. The molecule has 0 unspecified atom stereocenters. The van der Waals surface area contributed by atoms with Crippen LogP contribution in [0.25, 0.3) is 15.9 Å². The Kier molecular flexibility index (Phi) is 4.98. The van der Waals surface area contributed by atoms with E-state index in [1.54, 1.807) is 24.3 Å². The molecule has 4 aromatic rings. The van der Waals surface area contributed by atoms with E-state index in [-0.39, 0.29) is 11.7 Å². The third kappa shape index (κ3) is 3.37. The van der Waals surface area contributed by atoms with Gasteiger partial charge in [0.05, 0.1) is 11.1 Å². The maximum atomic E-state index is 12.3. The van der Waals surface area contributed by atoms with Crippen LogP contribution in [-0.4, -0.2) is 36.4 Å². The molecule has 0 aromatic carbocycles. The van der Waals surface area contributed by atoms with Crippen LogP contribution in [0.2, 0.25) is 0 Å². The molecule has 0 aliphatic heterocycles. The normalized spacial score (nSPS) is 16.3. The molecule has 4 aromatic heterocycles. The van der Waals surface area contributed by atoms with Crippen molar-refractivity contribution in [3.05, 3.63) is 28.1 Å². The lowest BCUT2D eigenvalue weighted by molar-refractivity contribution is -0.113. The lowest BCUT2D eigenvalue weighted by Crippen LogP contribution is -2.14. The fourth-order valence-corrected chi connectivity index (χ4v) is 6.09. The fourth-order valence-electron chi connectivity index (χ4n) is 3.94. The van der Waals surface area contributed by atoms with E-state index in [9.17, 15) is 4.79 Å². The number of rotatable bonds is 5. The second-order valence-electron chi connectivity index (χ2n) is 7.71. The molecule has 156 valence electrons. The molecule has 1 N–H and O–H groups in total. The van der Waals surface area contributed by atoms with Gasteiger partial charge < -0.3 is 9.84 Å². The van der Waals surface area contributed by atoms with E-state index in [0.29, 0.717) is 22.7 Å². The van der Waals surface area contributed by atoms with Crippen molar-refractivity contribution in [2.45, 2.75) is 51.6 Å². The highest BCUT2D eigenvalue weighted by molar-refractivity contribution is 7.99. The predicted molar refractivity (Wildman–Crippen MR) is 117 cm³/mol. The third-order valence-corrected chi connectivity index (χ3v) is 7.46. The second-order valence-corrected chi connectivity index (χ2v) is 9.74. The van der Waals surface area contributed by atoms with E-state index in [1.165, 1.54) is 28.6 Å². The summed E-state index contributed by atoms with van der Waals surface area (Å²) in [5, 5.41) is 17.3. The summed E-state index contributed by atoms with van der Waals surface area (Å²) < 4.78 is 7.00. The van der Waals surface area contributed by atoms with Crippen molar-refractivity contribution in [1.82, 2.24) is 24.7 Å². The molecule has 0 fully saturated rings. The molecule has 4 heterocycles. The van der Waals surface area contributed by atoms with Crippen molar-refractivity contribution in [3.63, 3.8) is 0 Å². The highest BCUT2D eigenvalue weighted by atomic mass is 32.2. The van der Waals surface area contributed by atoms with Gasteiger partial charge >= 0.3 is 0 Å². The first-order valence-electron chi connectivity index (χ1n) is 10.1. The van der Waals surface area contributed by atoms with Crippen molar-refractivity contribution in [2.24, 2.45) is 5.92 Å². The number of nitrogens with zero attached hydrogens (tertiary/aromatic N) is 5.